The van der Waals surface area contributed by atoms with E-state index in [0.29, 0.717) is 10.2 Å². The molecule has 0 radical (unpaired) electrons. The average Bonchev–Trinajstić information content (AvgIpc) is 2.80. The molecule has 2 rings (SSSR count). The molecule has 1 aromatic carbocycles. The molecule has 0 atom stereocenters. The Kier molecular flexibility index (Phi) is 3.84. The average molecular weight is 325 g/mol. The van der Waals surface area contributed by atoms with Gasteiger partial charge in [-0.1, -0.05) is 15.9 Å². The van der Waals surface area contributed by atoms with Crippen molar-refractivity contribution in [1.82, 2.24) is 9.78 Å². The fourth-order valence-electron chi connectivity index (χ4n) is 1.60. The molecule has 19 heavy (non-hydrogen) atoms. The smallest absolute Gasteiger partial charge is 0.293 e. The minimum Gasteiger partial charge on any atom is -0.347 e. The van der Waals surface area contributed by atoms with E-state index in [1.54, 1.807) is 23.0 Å². The number of anilines is 2. The quantitative estimate of drug-likeness (QED) is 0.684. The molecule has 0 aliphatic heterocycles. The lowest BCUT2D eigenvalue weighted by Gasteiger charge is -2.06. The largest absolute Gasteiger partial charge is 0.347 e. The summed E-state index contributed by atoms with van der Waals surface area (Å²) in [7, 11) is 0. The van der Waals surface area contributed by atoms with Crippen LogP contribution in [0.3, 0.4) is 0 Å². The Morgan fingerprint density at radius 2 is 2.21 bits per heavy atom. The molecule has 6 nitrogen and oxygen atoms in total. The fourth-order valence-corrected chi connectivity index (χ4v) is 1.95. The third-order valence-electron chi connectivity index (χ3n) is 2.57. The summed E-state index contributed by atoms with van der Waals surface area (Å²) in [6.45, 7) is 4.03. The monoisotopic (exact) mass is 324 g/mol. The highest BCUT2D eigenvalue weighted by Crippen LogP contribution is 2.30. The van der Waals surface area contributed by atoms with E-state index in [4.69, 9.17) is 0 Å². The number of hydrogen-bond acceptors (Lipinski definition) is 4. The van der Waals surface area contributed by atoms with E-state index in [9.17, 15) is 10.1 Å². The van der Waals surface area contributed by atoms with Gasteiger partial charge in [0, 0.05) is 22.8 Å². The second-order valence-corrected chi connectivity index (χ2v) is 5.26. The van der Waals surface area contributed by atoms with Gasteiger partial charge < -0.3 is 5.32 Å². The van der Waals surface area contributed by atoms with Crippen LogP contribution in [0.5, 0.6) is 0 Å². The van der Waals surface area contributed by atoms with Crippen LogP contribution >= 0.6 is 15.9 Å². The molecule has 1 aromatic heterocycles. The Hall–Kier alpha value is -1.89. The van der Waals surface area contributed by atoms with Crippen LogP contribution in [0.1, 0.15) is 19.9 Å². The standard InChI is InChI=1S/C12H13BrN4O2/c1-8(2)16-7-10(6-14-16)15-11-4-3-9(13)5-12(11)17(18)19/h3-8,15H,1-2H3. The topological polar surface area (TPSA) is 73.0 Å². The molecule has 0 aliphatic carbocycles. The van der Waals surface area contributed by atoms with Crippen LogP contribution in [0.25, 0.3) is 0 Å². The highest BCUT2D eigenvalue weighted by Gasteiger charge is 2.15. The molecule has 0 bridgehead atoms. The lowest BCUT2D eigenvalue weighted by molar-refractivity contribution is -0.384. The first-order valence-corrected chi connectivity index (χ1v) is 6.52. The Morgan fingerprint density at radius 1 is 1.47 bits per heavy atom. The summed E-state index contributed by atoms with van der Waals surface area (Å²) < 4.78 is 2.45. The summed E-state index contributed by atoms with van der Waals surface area (Å²) in [5, 5.41) is 18.2. The first-order valence-electron chi connectivity index (χ1n) is 5.72. The van der Waals surface area contributed by atoms with Crippen LogP contribution in [-0.4, -0.2) is 14.7 Å². The van der Waals surface area contributed by atoms with Gasteiger partial charge in [-0.3, -0.25) is 14.8 Å². The summed E-state index contributed by atoms with van der Waals surface area (Å²) in [6, 6.07) is 5.13. The maximum Gasteiger partial charge on any atom is 0.293 e. The molecule has 0 saturated carbocycles. The van der Waals surface area contributed by atoms with Gasteiger partial charge >= 0.3 is 0 Å². The van der Waals surface area contributed by atoms with Gasteiger partial charge in [0.25, 0.3) is 5.69 Å². The molecule has 2 aromatic rings. The van der Waals surface area contributed by atoms with Crippen molar-refractivity contribution in [3.63, 3.8) is 0 Å². The zero-order valence-corrected chi connectivity index (χ0v) is 12.1. The second-order valence-electron chi connectivity index (χ2n) is 4.35. The number of nitrogens with one attached hydrogen (secondary N) is 1. The van der Waals surface area contributed by atoms with Crippen molar-refractivity contribution in [3.8, 4) is 0 Å². The Bertz CT molecular complexity index is 610. The number of aromatic nitrogens is 2. The minimum absolute atomic E-state index is 0.0201. The second kappa shape index (κ2) is 5.40. The van der Waals surface area contributed by atoms with Crippen molar-refractivity contribution in [2.24, 2.45) is 0 Å². The zero-order chi connectivity index (χ0) is 14.0. The first kappa shape index (κ1) is 13.5. The van der Waals surface area contributed by atoms with Crippen molar-refractivity contribution < 1.29 is 4.92 Å². The number of rotatable bonds is 4. The van der Waals surface area contributed by atoms with Gasteiger partial charge in [-0.15, -0.1) is 0 Å². The van der Waals surface area contributed by atoms with E-state index >= 15 is 0 Å². The van der Waals surface area contributed by atoms with Crippen molar-refractivity contribution in [2.45, 2.75) is 19.9 Å². The molecule has 0 spiro atoms. The number of nitro groups is 1. The van der Waals surface area contributed by atoms with Crippen LogP contribution < -0.4 is 5.32 Å². The maximum atomic E-state index is 11.0. The Morgan fingerprint density at radius 3 is 2.79 bits per heavy atom. The van der Waals surface area contributed by atoms with Gasteiger partial charge in [0.2, 0.25) is 0 Å². The molecule has 100 valence electrons. The van der Waals surface area contributed by atoms with Crippen molar-refractivity contribution in [1.29, 1.82) is 0 Å². The van der Waals surface area contributed by atoms with E-state index in [0.717, 1.165) is 5.69 Å². The highest BCUT2D eigenvalue weighted by molar-refractivity contribution is 9.10. The third kappa shape index (κ3) is 3.11. The van der Waals surface area contributed by atoms with Crippen molar-refractivity contribution >= 4 is 33.0 Å². The molecule has 0 amide bonds. The highest BCUT2D eigenvalue weighted by atomic mass is 79.9. The molecule has 0 unspecified atom stereocenters. The van der Waals surface area contributed by atoms with Crippen LogP contribution in [0, 0.1) is 10.1 Å². The van der Waals surface area contributed by atoms with E-state index < -0.39 is 4.92 Å². The van der Waals surface area contributed by atoms with Gasteiger partial charge in [0.05, 0.1) is 16.8 Å². The number of benzene rings is 1. The van der Waals surface area contributed by atoms with Crippen LogP contribution in [-0.2, 0) is 0 Å². The summed E-state index contributed by atoms with van der Waals surface area (Å²) in [6.07, 6.45) is 3.46. The first-order chi connectivity index (χ1) is 8.97. The fraction of sp³-hybridized carbons (Fsp3) is 0.250. The maximum absolute atomic E-state index is 11.0. The molecular formula is C12H13BrN4O2. The SMILES string of the molecule is CC(C)n1cc(Nc2ccc(Br)cc2[N+](=O)[O-])cn1. The van der Waals surface area contributed by atoms with E-state index in [1.807, 2.05) is 20.0 Å². The molecule has 7 heteroatoms. The van der Waals surface area contributed by atoms with E-state index in [2.05, 4.69) is 26.3 Å². The number of nitrogens with zero attached hydrogens (tertiary/aromatic N) is 3. The van der Waals surface area contributed by atoms with Gasteiger partial charge in [0.1, 0.15) is 5.69 Å². The Balaban J connectivity index is 2.29. The van der Waals surface area contributed by atoms with Crippen LogP contribution in [0.2, 0.25) is 0 Å². The predicted octanol–water partition coefficient (Wildman–Crippen LogP) is 3.88. The summed E-state index contributed by atoms with van der Waals surface area (Å²) >= 11 is 3.22. The molecule has 0 aliphatic rings. The molecular weight excluding hydrogens is 312 g/mol. The van der Waals surface area contributed by atoms with Gasteiger partial charge in [-0.25, -0.2) is 0 Å². The van der Waals surface area contributed by atoms with Gasteiger partial charge in [-0.05, 0) is 26.0 Å². The lowest BCUT2D eigenvalue weighted by Crippen LogP contribution is -2.00. The van der Waals surface area contributed by atoms with Crippen LogP contribution in [0.15, 0.2) is 35.1 Å². The van der Waals surface area contributed by atoms with Gasteiger partial charge in [-0.2, -0.15) is 5.10 Å². The normalized spacial score (nSPS) is 10.7. The molecule has 0 fully saturated rings. The number of halogens is 1. The minimum atomic E-state index is -0.417. The van der Waals surface area contributed by atoms with Gasteiger partial charge in [0.15, 0.2) is 0 Å². The van der Waals surface area contributed by atoms with Crippen molar-refractivity contribution in [2.75, 3.05) is 5.32 Å². The van der Waals surface area contributed by atoms with E-state index in [-0.39, 0.29) is 11.7 Å². The van der Waals surface area contributed by atoms with Crippen LogP contribution in [0.4, 0.5) is 17.1 Å². The molecule has 1 N–H and O–H groups in total. The zero-order valence-electron chi connectivity index (χ0n) is 10.5. The molecule has 0 saturated heterocycles. The van der Waals surface area contributed by atoms with Crippen molar-refractivity contribution in [3.05, 3.63) is 45.2 Å². The molecule has 1 heterocycles. The summed E-state index contributed by atoms with van der Waals surface area (Å²) in [5.41, 5.74) is 1.18. The summed E-state index contributed by atoms with van der Waals surface area (Å²) in [5.74, 6) is 0. The predicted molar refractivity (Wildman–Crippen MR) is 76.7 cm³/mol. The van der Waals surface area contributed by atoms with E-state index in [1.165, 1.54) is 6.07 Å². The Labute approximate surface area is 118 Å². The number of hydrogen-bond donors (Lipinski definition) is 1. The lowest BCUT2D eigenvalue weighted by atomic mass is 10.2. The number of nitro benzene ring substituents is 1. The summed E-state index contributed by atoms with van der Waals surface area (Å²) in [4.78, 5) is 10.6. The third-order valence-corrected chi connectivity index (χ3v) is 3.06.